The van der Waals surface area contributed by atoms with E-state index in [9.17, 15) is 0 Å². The molecule has 0 radical (unpaired) electrons. The molecule has 21 heavy (non-hydrogen) atoms. The van der Waals surface area contributed by atoms with Gasteiger partial charge in [-0.25, -0.2) is 0 Å². The number of methoxy groups -OCH3 is 1. The lowest BCUT2D eigenvalue weighted by atomic mass is 9.92. The van der Waals surface area contributed by atoms with Crippen LogP contribution in [0.3, 0.4) is 0 Å². The number of pyridine rings is 1. The summed E-state index contributed by atoms with van der Waals surface area (Å²) in [7, 11) is 1.75. The molecule has 0 amide bonds. The number of ether oxygens (including phenoxy) is 1. The van der Waals surface area contributed by atoms with Crippen LogP contribution in [0.2, 0.25) is 0 Å². The van der Waals surface area contributed by atoms with Crippen molar-refractivity contribution in [3.63, 3.8) is 0 Å². The predicted molar refractivity (Wildman–Crippen MR) is 88.6 cm³/mol. The van der Waals surface area contributed by atoms with E-state index >= 15 is 0 Å². The molecule has 0 aliphatic heterocycles. The zero-order valence-corrected chi connectivity index (χ0v) is 13.7. The molecule has 2 heteroatoms. The molecule has 0 atom stereocenters. The van der Waals surface area contributed by atoms with E-state index in [1.807, 2.05) is 6.07 Å². The van der Waals surface area contributed by atoms with Gasteiger partial charge in [-0.05, 0) is 29.0 Å². The molecule has 0 spiro atoms. The van der Waals surface area contributed by atoms with E-state index in [4.69, 9.17) is 9.72 Å². The van der Waals surface area contributed by atoms with Gasteiger partial charge in [0.2, 0.25) is 0 Å². The highest BCUT2D eigenvalue weighted by Crippen LogP contribution is 2.32. The van der Waals surface area contributed by atoms with Gasteiger partial charge in [-0.15, -0.1) is 0 Å². The first-order valence-corrected chi connectivity index (χ1v) is 7.62. The van der Waals surface area contributed by atoms with E-state index in [2.05, 4.69) is 58.0 Å². The van der Waals surface area contributed by atoms with Crippen molar-refractivity contribution in [1.82, 2.24) is 4.98 Å². The van der Waals surface area contributed by atoms with Crippen LogP contribution in [0.4, 0.5) is 0 Å². The maximum absolute atomic E-state index is 5.44. The lowest BCUT2D eigenvalue weighted by Crippen LogP contribution is -2.08. The molecule has 0 bridgehead atoms. The van der Waals surface area contributed by atoms with Gasteiger partial charge in [-0.1, -0.05) is 58.0 Å². The predicted octanol–water partition coefficient (Wildman–Crippen LogP) is 5.14. The van der Waals surface area contributed by atoms with Gasteiger partial charge >= 0.3 is 0 Å². The SMILES string of the molecule is COCc1c(-c2ccccc2)cc(C(C)C)nc1C(C)C. The molecular weight excluding hydrogens is 258 g/mol. The molecular formula is C19H25NO. The number of benzene rings is 1. The van der Waals surface area contributed by atoms with Gasteiger partial charge < -0.3 is 4.74 Å². The fourth-order valence-corrected chi connectivity index (χ4v) is 2.56. The third-order valence-electron chi connectivity index (χ3n) is 3.69. The van der Waals surface area contributed by atoms with E-state index in [1.165, 1.54) is 16.7 Å². The normalized spacial score (nSPS) is 11.4. The molecule has 0 aliphatic carbocycles. The maximum atomic E-state index is 5.44. The Balaban J connectivity index is 2.70. The van der Waals surface area contributed by atoms with Gasteiger partial charge in [0.25, 0.3) is 0 Å². The van der Waals surface area contributed by atoms with Crippen LogP contribution in [-0.4, -0.2) is 12.1 Å². The van der Waals surface area contributed by atoms with Gasteiger partial charge in [0, 0.05) is 24.1 Å². The van der Waals surface area contributed by atoms with E-state index < -0.39 is 0 Å². The first kappa shape index (κ1) is 15.7. The van der Waals surface area contributed by atoms with Gasteiger partial charge in [-0.2, -0.15) is 0 Å². The monoisotopic (exact) mass is 283 g/mol. The Morgan fingerprint density at radius 1 is 1.00 bits per heavy atom. The lowest BCUT2D eigenvalue weighted by molar-refractivity contribution is 0.184. The second-order valence-corrected chi connectivity index (χ2v) is 6.07. The minimum Gasteiger partial charge on any atom is -0.380 e. The molecule has 0 N–H and O–H groups in total. The summed E-state index contributed by atoms with van der Waals surface area (Å²) in [5.41, 5.74) is 6.00. The lowest BCUT2D eigenvalue weighted by Gasteiger charge is -2.19. The van der Waals surface area contributed by atoms with E-state index in [0.29, 0.717) is 18.4 Å². The van der Waals surface area contributed by atoms with Crippen LogP contribution in [0, 0.1) is 0 Å². The highest BCUT2D eigenvalue weighted by atomic mass is 16.5. The molecule has 1 heterocycles. The van der Waals surface area contributed by atoms with Gasteiger partial charge in [0.1, 0.15) is 0 Å². The fraction of sp³-hybridized carbons (Fsp3) is 0.421. The minimum atomic E-state index is 0.385. The molecule has 0 aliphatic rings. The van der Waals surface area contributed by atoms with Crippen molar-refractivity contribution in [2.24, 2.45) is 0 Å². The van der Waals surface area contributed by atoms with Crippen LogP contribution < -0.4 is 0 Å². The molecule has 2 nitrogen and oxygen atoms in total. The average Bonchev–Trinajstić information content (AvgIpc) is 2.48. The van der Waals surface area contributed by atoms with E-state index in [1.54, 1.807) is 7.11 Å². The van der Waals surface area contributed by atoms with Gasteiger partial charge in [0.15, 0.2) is 0 Å². The van der Waals surface area contributed by atoms with Crippen LogP contribution in [0.5, 0.6) is 0 Å². The molecule has 112 valence electrons. The Morgan fingerprint density at radius 2 is 1.67 bits per heavy atom. The first-order chi connectivity index (χ1) is 10.0. The van der Waals surface area contributed by atoms with Crippen LogP contribution in [0.25, 0.3) is 11.1 Å². The molecule has 0 unspecified atom stereocenters. The molecule has 2 rings (SSSR count). The Kier molecular flexibility index (Phi) is 5.13. The molecule has 0 fully saturated rings. The second-order valence-electron chi connectivity index (χ2n) is 6.07. The zero-order chi connectivity index (χ0) is 15.4. The molecule has 2 aromatic rings. The largest absolute Gasteiger partial charge is 0.380 e. The zero-order valence-electron chi connectivity index (χ0n) is 13.7. The average molecular weight is 283 g/mol. The summed E-state index contributed by atoms with van der Waals surface area (Å²) in [6.45, 7) is 9.37. The number of nitrogens with zero attached hydrogens (tertiary/aromatic N) is 1. The van der Waals surface area contributed by atoms with Crippen LogP contribution in [-0.2, 0) is 11.3 Å². The standard InChI is InChI=1S/C19H25NO/c1-13(2)18-11-16(15-9-7-6-8-10-15)17(12-21-5)19(20-18)14(3)4/h6-11,13-14H,12H2,1-5H3. The van der Waals surface area contributed by atoms with E-state index in [-0.39, 0.29) is 0 Å². The number of rotatable bonds is 5. The third-order valence-corrected chi connectivity index (χ3v) is 3.69. The van der Waals surface area contributed by atoms with Crippen molar-refractivity contribution >= 4 is 0 Å². The number of aromatic nitrogens is 1. The molecule has 0 saturated heterocycles. The first-order valence-electron chi connectivity index (χ1n) is 7.62. The summed E-state index contributed by atoms with van der Waals surface area (Å²) < 4.78 is 5.44. The molecule has 1 aromatic carbocycles. The summed E-state index contributed by atoms with van der Waals surface area (Å²) in [6.07, 6.45) is 0. The molecule has 0 saturated carbocycles. The smallest absolute Gasteiger partial charge is 0.0737 e. The quantitative estimate of drug-likeness (QED) is 0.757. The third kappa shape index (κ3) is 3.51. The number of hydrogen-bond acceptors (Lipinski definition) is 2. The Labute approximate surface area is 128 Å². The maximum Gasteiger partial charge on any atom is 0.0737 e. The highest BCUT2D eigenvalue weighted by Gasteiger charge is 2.17. The van der Waals surface area contributed by atoms with Crippen molar-refractivity contribution in [3.05, 3.63) is 53.3 Å². The Bertz CT molecular complexity index is 588. The summed E-state index contributed by atoms with van der Waals surface area (Å²) in [6, 6.07) is 12.7. The Morgan fingerprint density at radius 3 is 2.19 bits per heavy atom. The van der Waals surface area contributed by atoms with Crippen molar-refractivity contribution in [3.8, 4) is 11.1 Å². The minimum absolute atomic E-state index is 0.385. The molecule has 1 aromatic heterocycles. The fourth-order valence-electron chi connectivity index (χ4n) is 2.56. The van der Waals surface area contributed by atoms with Crippen LogP contribution >= 0.6 is 0 Å². The second kappa shape index (κ2) is 6.86. The summed E-state index contributed by atoms with van der Waals surface area (Å²) in [5.74, 6) is 0.804. The topological polar surface area (TPSA) is 22.1 Å². The van der Waals surface area contributed by atoms with Crippen molar-refractivity contribution in [2.45, 2.75) is 46.1 Å². The van der Waals surface area contributed by atoms with Crippen molar-refractivity contribution < 1.29 is 4.74 Å². The Hall–Kier alpha value is -1.67. The van der Waals surface area contributed by atoms with Crippen LogP contribution in [0.15, 0.2) is 36.4 Å². The summed E-state index contributed by atoms with van der Waals surface area (Å²) >= 11 is 0. The van der Waals surface area contributed by atoms with Gasteiger partial charge in [0.05, 0.1) is 6.61 Å². The van der Waals surface area contributed by atoms with Crippen molar-refractivity contribution in [1.29, 1.82) is 0 Å². The van der Waals surface area contributed by atoms with Crippen molar-refractivity contribution in [2.75, 3.05) is 7.11 Å². The number of hydrogen-bond donors (Lipinski definition) is 0. The summed E-state index contributed by atoms with van der Waals surface area (Å²) in [4.78, 5) is 4.90. The van der Waals surface area contributed by atoms with Gasteiger partial charge in [-0.3, -0.25) is 4.98 Å². The highest BCUT2D eigenvalue weighted by molar-refractivity contribution is 5.68. The van der Waals surface area contributed by atoms with Crippen LogP contribution in [0.1, 0.15) is 56.5 Å². The van der Waals surface area contributed by atoms with E-state index in [0.717, 1.165) is 11.4 Å². The summed E-state index contributed by atoms with van der Waals surface area (Å²) in [5, 5.41) is 0.